The van der Waals surface area contributed by atoms with Crippen molar-refractivity contribution in [3.63, 3.8) is 0 Å². The molecule has 0 N–H and O–H groups in total. The number of ether oxygens (including phenoxy) is 2. The third kappa shape index (κ3) is 2.84. The predicted octanol–water partition coefficient (Wildman–Crippen LogP) is 2.16. The Morgan fingerprint density at radius 2 is 2.50 bits per heavy atom. The van der Waals surface area contributed by atoms with Crippen LogP contribution in [0, 0.1) is 11.3 Å². The number of hydrogen-bond acceptors (Lipinski definition) is 4. The summed E-state index contributed by atoms with van der Waals surface area (Å²) in [5, 5.41) is 9.01. The summed E-state index contributed by atoms with van der Waals surface area (Å²) < 4.78 is 10.9. The molecule has 2 rings (SSSR count). The van der Waals surface area contributed by atoms with Crippen molar-refractivity contribution in [1.29, 1.82) is 5.26 Å². The first-order valence-electron chi connectivity index (χ1n) is 5.10. The van der Waals surface area contributed by atoms with E-state index in [1.807, 2.05) is 6.07 Å². The first kappa shape index (κ1) is 11.2. The number of halogens is 1. The summed E-state index contributed by atoms with van der Waals surface area (Å²) in [6.45, 7) is 1.25. The Morgan fingerprint density at radius 3 is 3.19 bits per heavy atom. The van der Waals surface area contributed by atoms with Crippen LogP contribution in [-0.2, 0) is 4.74 Å². The molecule has 1 saturated heterocycles. The molecule has 0 amide bonds. The molecular weight excluding hydrogens is 228 g/mol. The molecule has 1 atom stereocenters. The van der Waals surface area contributed by atoms with Crippen molar-refractivity contribution in [3.8, 4) is 11.9 Å². The molecule has 0 aromatic carbocycles. The van der Waals surface area contributed by atoms with Gasteiger partial charge in [0.15, 0.2) is 0 Å². The summed E-state index contributed by atoms with van der Waals surface area (Å²) in [5.74, 6) is 0.375. The Balaban J connectivity index is 1.98. The SMILES string of the molecule is N#Cc1cc(Cl)nc(OCC2CCCO2)c1. The average molecular weight is 239 g/mol. The van der Waals surface area contributed by atoms with E-state index < -0.39 is 0 Å². The van der Waals surface area contributed by atoms with Gasteiger partial charge in [0.25, 0.3) is 0 Å². The number of aromatic nitrogens is 1. The van der Waals surface area contributed by atoms with Gasteiger partial charge in [-0.25, -0.2) is 4.98 Å². The minimum atomic E-state index is 0.131. The van der Waals surface area contributed by atoms with E-state index in [-0.39, 0.29) is 11.3 Å². The fraction of sp³-hybridized carbons (Fsp3) is 0.455. The maximum atomic E-state index is 8.75. The Hall–Kier alpha value is -1.31. The quantitative estimate of drug-likeness (QED) is 0.758. The number of nitrogens with zero attached hydrogens (tertiary/aromatic N) is 2. The van der Waals surface area contributed by atoms with Crippen molar-refractivity contribution in [2.45, 2.75) is 18.9 Å². The zero-order chi connectivity index (χ0) is 11.4. The van der Waals surface area contributed by atoms with E-state index in [1.54, 1.807) is 6.07 Å². The maximum absolute atomic E-state index is 8.75. The topological polar surface area (TPSA) is 55.1 Å². The second-order valence-electron chi connectivity index (χ2n) is 3.57. The molecule has 0 spiro atoms. The molecule has 0 aliphatic carbocycles. The zero-order valence-corrected chi connectivity index (χ0v) is 9.41. The Morgan fingerprint density at radius 1 is 1.62 bits per heavy atom. The summed E-state index contributed by atoms with van der Waals surface area (Å²) >= 11 is 5.75. The van der Waals surface area contributed by atoms with E-state index in [9.17, 15) is 0 Å². The Labute approximate surface area is 98.8 Å². The maximum Gasteiger partial charge on any atom is 0.216 e. The molecule has 1 fully saturated rings. The molecule has 0 radical (unpaired) electrons. The van der Waals surface area contributed by atoms with Gasteiger partial charge in [0.1, 0.15) is 11.8 Å². The van der Waals surface area contributed by atoms with Gasteiger partial charge in [-0.2, -0.15) is 5.26 Å². The van der Waals surface area contributed by atoms with Crippen molar-refractivity contribution < 1.29 is 9.47 Å². The summed E-state index contributed by atoms with van der Waals surface area (Å²) in [6.07, 6.45) is 2.21. The molecule has 1 aromatic heterocycles. The molecule has 84 valence electrons. The van der Waals surface area contributed by atoms with Gasteiger partial charge in [0.2, 0.25) is 5.88 Å². The monoisotopic (exact) mass is 238 g/mol. The van der Waals surface area contributed by atoms with E-state index in [1.165, 1.54) is 6.07 Å². The summed E-state index contributed by atoms with van der Waals surface area (Å²) in [6, 6.07) is 5.07. The molecule has 1 unspecified atom stereocenters. The highest BCUT2D eigenvalue weighted by atomic mass is 35.5. The smallest absolute Gasteiger partial charge is 0.216 e. The number of rotatable bonds is 3. The van der Waals surface area contributed by atoms with Crippen molar-refractivity contribution in [3.05, 3.63) is 22.8 Å². The van der Waals surface area contributed by atoms with Crippen molar-refractivity contribution in [2.24, 2.45) is 0 Å². The fourth-order valence-corrected chi connectivity index (χ4v) is 1.77. The van der Waals surface area contributed by atoms with Crippen LogP contribution in [-0.4, -0.2) is 24.3 Å². The van der Waals surface area contributed by atoms with E-state index >= 15 is 0 Å². The van der Waals surface area contributed by atoms with Gasteiger partial charge in [0.05, 0.1) is 17.7 Å². The number of hydrogen-bond donors (Lipinski definition) is 0. The standard InChI is InChI=1S/C11H11ClN2O2/c12-10-4-8(6-13)5-11(14-10)16-7-9-2-1-3-15-9/h4-5,9H,1-3,7H2. The van der Waals surface area contributed by atoms with Gasteiger partial charge >= 0.3 is 0 Å². The number of nitriles is 1. The van der Waals surface area contributed by atoms with Gasteiger partial charge in [-0.15, -0.1) is 0 Å². The molecule has 1 aliphatic rings. The van der Waals surface area contributed by atoms with Gasteiger partial charge in [0, 0.05) is 12.7 Å². The van der Waals surface area contributed by atoms with E-state index in [2.05, 4.69) is 4.98 Å². The average Bonchev–Trinajstić information content (AvgIpc) is 2.78. The highest BCUT2D eigenvalue weighted by Crippen LogP contribution is 2.18. The normalized spacial score (nSPS) is 19.4. The predicted molar refractivity (Wildman–Crippen MR) is 58.4 cm³/mol. The minimum Gasteiger partial charge on any atom is -0.475 e. The van der Waals surface area contributed by atoms with E-state index in [0.717, 1.165) is 19.4 Å². The van der Waals surface area contributed by atoms with Crippen LogP contribution in [0.5, 0.6) is 5.88 Å². The van der Waals surface area contributed by atoms with Crippen LogP contribution in [0.4, 0.5) is 0 Å². The van der Waals surface area contributed by atoms with Gasteiger partial charge in [-0.05, 0) is 18.9 Å². The summed E-state index contributed by atoms with van der Waals surface area (Å²) in [5.41, 5.74) is 0.447. The molecular formula is C11H11ClN2O2. The third-order valence-corrected chi connectivity index (χ3v) is 2.53. The Kier molecular flexibility index (Phi) is 3.60. The lowest BCUT2D eigenvalue weighted by Crippen LogP contribution is -2.16. The molecule has 2 heterocycles. The van der Waals surface area contributed by atoms with E-state index in [0.29, 0.717) is 18.1 Å². The number of pyridine rings is 1. The second-order valence-corrected chi connectivity index (χ2v) is 3.96. The van der Waals surface area contributed by atoms with Crippen LogP contribution in [0.25, 0.3) is 0 Å². The van der Waals surface area contributed by atoms with Crippen LogP contribution in [0.2, 0.25) is 5.15 Å². The zero-order valence-electron chi connectivity index (χ0n) is 8.65. The molecule has 0 saturated carbocycles. The van der Waals surface area contributed by atoms with Crippen LogP contribution in [0.15, 0.2) is 12.1 Å². The minimum absolute atomic E-state index is 0.131. The van der Waals surface area contributed by atoms with Crippen LogP contribution < -0.4 is 4.74 Å². The fourth-order valence-electron chi connectivity index (χ4n) is 1.57. The van der Waals surface area contributed by atoms with Crippen molar-refractivity contribution >= 4 is 11.6 Å². The summed E-state index contributed by atoms with van der Waals surface area (Å²) in [7, 11) is 0. The lowest BCUT2D eigenvalue weighted by atomic mass is 10.2. The molecule has 5 heteroatoms. The summed E-state index contributed by atoms with van der Waals surface area (Å²) in [4.78, 5) is 3.98. The highest BCUT2D eigenvalue weighted by molar-refractivity contribution is 6.29. The first-order chi connectivity index (χ1) is 7.78. The van der Waals surface area contributed by atoms with E-state index in [4.69, 9.17) is 26.3 Å². The lowest BCUT2D eigenvalue weighted by molar-refractivity contribution is 0.0663. The van der Waals surface area contributed by atoms with Crippen LogP contribution >= 0.6 is 11.6 Å². The molecule has 4 nitrogen and oxygen atoms in total. The van der Waals surface area contributed by atoms with Crippen LogP contribution in [0.1, 0.15) is 18.4 Å². The largest absolute Gasteiger partial charge is 0.475 e. The Bertz CT molecular complexity index is 411. The van der Waals surface area contributed by atoms with Gasteiger partial charge in [-0.1, -0.05) is 11.6 Å². The third-order valence-electron chi connectivity index (χ3n) is 2.34. The van der Waals surface area contributed by atoms with Crippen LogP contribution in [0.3, 0.4) is 0 Å². The van der Waals surface area contributed by atoms with Gasteiger partial charge < -0.3 is 9.47 Å². The first-order valence-corrected chi connectivity index (χ1v) is 5.48. The molecule has 0 bridgehead atoms. The molecule has 1 aromatic rings. The molecule has 16 heavy (non-hydrogen) atoms. The highest BCUT2D eigenvalue weighted by Gasteiger charge is 2.16. The molecule has 1 aliphatic heterocycles. The second kappa shape index (κ2) is 5.15. The van der Waals surface area contributed by atoms with Crippen molar-refractivity contribution in [2.75, 3.05) is 13.2 Å². The lowest BCUT2D eigenvalue weighted by Gasteiger charge is -2.10. The van der Waals surface area contributed by atoms with Gasteiger partial charge in [-0.3, -0.25) is 0 Å². The van der Waals surface area contributed by atoms with Crippen molar-refractivity contribution in [1.82, 2.24) is 4.98 Å².